The summed E-state index contributed by atoms with van der Waals surface area (Å²) in [6.07, 6.45) is 1.36. The number of hydrogen-bond acceptors (Lipinski definition) is 6. The van der Waals surface area contributed by atoms with Crippen molar-refractivity contribution in [3.05, 3.63) is 65.2 Å². The first-order valence-corrected chi connectivity index (χ1v) is 12.9. The number of rotatable bonds is 10. The van der Waals surface area contributed by atoms with Crippen LogP contribution in [0.2, 0.25) is 0 Å². The van der Waals surface area contributed by atoms with Crippen molar-refractivity contribution in [2.75, 3.05) is 13.2 Å². The SMILES string of the molecule is Cc1ccc(C(CC(=O)OC(C)C)NC(=O)c2ccc(S(=O)(=O)NCC3CCCO3)cc2)cc1. The van der Waals surface area contributed by atoms with E-state index in [2.05, 4.69) is 10.0 Å². The molecular formula is C25H32N2O6S. The lowest BCUT2D eigenvalue weighted by Crippen LogP contribution is -2.32. The normalized spacial score (nSPS) is 16.9. The summed E-state index contributed by atoms with van der Waals surface area (Å²) in [5.74, 6) is -0.834. The molecule has 0 radical (unpaired) electrons. The Labute approximate surface area is 201 Å². The van der Waals surface area contributed by atoms with Gasteiger partial charge >= 0.3 is 5.97 Å². The fourth-order valence-electron chi connectivity index (χ4n) is 3.65. The summed E-state index contributed by atoms with van der Waals surface area (Å²) in [4.78, 5) is 25.3. The van der Waals surface area contributed by atoms with Gasteiger partial charge in [-0.2, -0.15) is 0 Å². The van der Waals surface area contributed by atoms with E-state index < -0.39 is 27.9 Å². The van der Waals surface area contributed by atoms with Crippen molar-refractivity contribution in [2.45, 2.75) is 63.2 Å². The van der Waals surface area contributed by atoms with Crippen molar-refractivity contribution in [3.8, 4) is 0 Å². The van der Waals surface area contributed by atoms with Gasteiger partial charge in [0.05, 0.1) is 29.6 Å². The molecule has 1 saturated heterocycles. The van der Waals surface area contributed by atoms with E-state index in [9.17, 15) is 18.0 Å². The Morgan fingerprint density at radius 2 is 1.76 bits per heavy atom. The summed E-state index contributed by atoms with van der Waals surface area (Å²) in [6.45, 7) is 6.35. The molecule has 2 N–H and O–H groups in total. The number of hydrogen-bond donors (Lipinski definition) is 2. The zero-order chi connectivity index (χ0) is 24.7. The van der Waals surface area contributed by atoms with E-state index in [0.717, 1.165) is 24.0 Å². The molecule has 2 unspecified atom stereocenters. The predicted octanol–water partition coefficient (Wildman–Crippen LogP) is 3.27. The number of nitrogens with one attached hydrogen (secondary N) is 2. The maximum absolute atomic E-state index is 12.9. The van der Waals surface area contributed by atoms with Gasteiger partial charge in [-0.1, -0.05) is 29.8 Å². The number of carbonyl (C=O) groups excluding carboxylic acids is 2. The largest absolute Gasteiger partial charge is 0.463 e. The van der Waals surface area contributed by atoms with Crippen LogP contribution in [0, 0.1) is 6.92 Å². The Balaban J connectivity index is 1.69. The minimum atomic E-state index is -3.71. The zero-order valence-corrected chi connectivity index (χ0v) is 20.6. The van der Waals surface area contributed by atoms with Gasteiger partial charge in [-0.15, -0.1) is 0 Å². The van der Waals surface area contributed by atoms with Crippen molar-refractivity contribution < 1.29 is 27.5 Å². The van der Waals surface area contributed by atoms with Crippen molar-refractivity contribution in [2.24, 2.45) is 0 Å². The maximum atomic E-state index is 12.9. The second-order valence-corrected chi connectivity index (χ2v) is 10.5. The maximum Gasteiger partial charge on any atom is 0.308 e. The van der Waals surface area contributed by atoms with Crippen LogP contribution in [0.25, 0.3) is 0 Å². The number of sulfonamides is 1. The third kappa shape index (κ3) is 7.38. The zero-order valence-electron chi connectivity index (χ0n) is 19.7. The predicted molar refractivity (Wildman–Crippen MR) is 128 cm³/mol. The second kappa shape index (κ2) is 11.6. The number of carbonyl (C=O) groups is 2. The molecule has 1 amide bonds. The van der Waals surface area contributed by atoms with E-state index in [0.29, 0.717) is 6.61 Å². The number of amides is 1. The molecule has 9 heteroatoms. The Morgan fingerprint density at radius 1 is 1.09 bits per heavy atom. The number of benzene rings is 2. The van der Waals surface area contributed by atoms with Crippen molar-refractivity contribution >= 4 is 21.9 Å². The van der Waals surface area contributed by atoms with Crippen LogP contribution in [0.1, 0.15) is 60.6 Å². The molecule has 0 spiro atoms. The van der Waals surface area contributed by atoms with Gasteiger partial charge in [0.15, 0.2) is 0 Å². The Morgan fingerprint density at radius 3 is 2.35 bits per heavy atom. The average Bonchev–Trinajstić information content (AvgIpc) is 3.31. The fourth-order valence-corrected chi connectivity index (χ4v) is 4.71. The number of esters is 1. The van der Waals surface area contributed by atoms with Crippen LogP contribution >= 0.6 is 0 Å². The molecule has 1 aliphatic rings. The molecule has 184 valence electrons. The molecular weight excluding hydrogens is 456 g/mol. The summed E-state index contributed by atoms with van der Waals surface area (Å²) in [5, 5.41) is 2.87. The Hall–Kier alpha value is -2.75. The molecule has 1 heterocycles. The van der Waals surface area contributed by atoms with E-state index in [1.165, 1.54) is 24.3 Å². The first-order valence-electron chi connectivity index (χ1n) is 11.4. The van der Waals surface area contributed by atoms with Crippen LogP contribution in [0.5, 0.6) is 0 Å². The topological polar surface area (TPSA) is 111 Å². The van der Waals surface area contributed by atoms with Crippen LogP contribution in [-0.2, 0) is 24.3 Å². The van der Waals surface area contributed by atoms with Crippen LogP contribution in [0.15, 0.2) is 53.4 Å². The van der Waals surface area contributed by atoms with Crippen LogP contribution in [-0.4, -0.2) is 45.7 Å². The first-order chi connectivity index (χ1) is 16.1. The van der Waals surface area contributed by atoms with Gasteiger partial charge in [0.1, 0.15) is 0 Å². The fraction of sp³-hybridized carbons (Fsp3) is 0.440. The van der Waals surface area contributed by atoms with Gasteiger partial charge in [0, 0.05) is 18.7 Å². The molecule has 3 rings (SSSR count). The number of aryl methyl sites for hydroxylation is 1. The van der Waals surface area contributed by atoms with Crippen LogP contribution < -0.4 is 10.0 Å². The molecule has 2 aromatic rings. The van der Waals surface area contributed by atoms with Crippen LogP contribution in [0.3, 0.4) is 0 Å². The summed E-state index contributed by atoms with van der Waals surface area (Å²) >= 11 is 0. The van der Waals surface area contributed by atoms with Crippen molar-refractivity contribution in [1.29, 1.82) is 0 Å². The summed E-state index contributed by atoms with van der Waals surface area (Å²) in [7, 11) is -3.71. The first kappa shape index (κ1) is 25.9. The molecule has 0 aliphatic carbocycles. The van der Waals surface area contributed by atoms with Gasteiger partial charge in [-0.25, -0.2) is 13.1 Å². The van der Waals surface area contributed by atoms with Crippen LogP contribution in [0.4, 0.5) is 0 Å². The molecule has 0 bridgehead atoms. The van der Waals surface area contributed by atoms with E-state index in [4.69, 9.17) is 9.47 Å². The van der Waals surface area contributed by atoms with Gasteiger partial charge in [0.2, 0.25) is 10.0 Å². The summed E-state index contributed by atoms with van der Waals surface area (Å²) in [5.41, 5.74) is 2.12. The van der Waals surface area contributed by atoms with E-state index in [-0.39, 0.29) is 35.6 Å². The van der Waals surface area contributed by atoms with E-state index in [1.807, 2.05) is 31.2 Å². The highest BCUT2D eigenvalue weighted by atomic mass is 32.2. The van der Waals surface area contributed by atoms with E-state index in [1.54, 1.807) is 13.8 Å². The van der Waals surface area contributed by atoms with Gasteiger partial charge in [0.25, 0.3) is 5.91 Å². The summed E-state index contributed by atoms with van der Waals surface area (Å²) in [6, 6.07) is 12.6. The van der Waals surface area contributed by atoms with Gasteiger partial charge < -0.3 is 14.8 Å². The standard InChI is InChI=1S/C25H32N2O6S/c1-17(2)33-24(28)15-23(19-8-6-18(3)7-9-19)27-25(29)20-10-12-22(13-11-20)34(30,31)26-16-21-5-4-14-32-21/h6-13,17,21,23,26H,4-5,14-16H2,1-3H3,(H,27,29). The average molecular weight is 489 g/mol. The Kier molecular flexibility index (Phi) is 8.82. The molecule has 1 fully saturated rings. The molecule has 0 aromatic heterocycles. The van der Waals surface area contributed by atoms with E-state index >= 15 is 0 Å². The van der Waals surface area contributed by atoms with Crippen molar-refractivity contribution in [3.63, 3.8) is 0 Å². The second-order valence-electron chi connectivity index (χ2n) is 8.69. The monoisotopic (exact) mass is 488 g/mol. The van der Waals surface area contributed by atoms with Gasteiger partial charge in [-0.05, 0) is 63.4 Å². The van der Waals surface area contributed by atoms with Gasteiger partial charge in [-0.3, -0.25) is 9.59 Å². The molecule has 2 aromatic carbocycles. The lowest BCUT2D eigenvalue weighted by Gasteiger charge is -2.20. The molecule has 1 aliphatic heterocycles. The Bertz CT molecular complexity index is 1080. The minimum absolute atomic E-state index is 0.0212. The molecule has 0 saturated carbocycles. The molecule has 34 heavy (non-hydrogen) atoms. The highest BCUT2D eigenvalue weighted by Gasteiger charge is 2.23. The quantitative estimate of drug-likeness (QED) is 0.497. The lowest BCUT2D eigenvalue weighted by molar-refractivity contribution is -0.147. The molecule has 2 atom stereocenters. The molecule has 8 nitrogen and oxygen atoms in total. The minimum Gasteiger partial charge on any atom is -0.463 e. The third-order valence-corrected chi connectivity index (χ3v) is 6.91. The third-order valence-electron chi connectivity index (χ3n) is 5.47. The summed E-state index contributed by atoms with van der Waals surface area (Å²) < 4.78 is 38.4. The lowest BCUT2D eigenvalue weighted by atomic mass is 10.0. The van der Waals surface area contributed by atoms with Crippen molar-refractivity contribution in [1.82, 2.24) is 10.0 Å². The highest BCUT2D eigenvalue weighted by molar-refractivity contribution is 7.89. The number of ether oxygens (including phenoxy) is 2. The smallest absolute Gasteiger partial charge is 0.308 e. The highest BCUT2D eigenvalue weighted by Crippen LogP contribution is 2.20.